The van der Waals surface area contributed by atoms with Crippen LogP contribution in [0.15, 0.2) is 18.2 Å². The molecule has 2 amide bonds. The molecule has 0 aliphatic carbocycles. The van der Waals surface area contributed by atoms with Crippen LogP contribution < -0.4 is 5.32 Å². The van der Waals surface area contributed by atoms with Crippen LogP contribution in [0.25, 0.3) is 0 Å². The molecule has 1 unspecified atom stereocenters. The summed E-state index contributed by atoms with van der Waals surface area (Å²) in [6.45, 7) is 2.57. The van der Waals surface area contributed by atoms with Gasteiger partial charge in [-0.1, -0.05) is 0 Å². The molecule has 2 heterocycles. The first-order valence-electron chi connectivity index (χ1n) is 8.30. The van der Waals surface area contributed by atoms with Crippen LogP contribution in [0.2, 0.25) is 0 Å². The number of carbonyl (C=O) groups is 2. The second-order valence-electron chi connectivity index (χ2n) is 6.29. The smallest absolute Gasteiger partial charge is 0.256 e. The van der Waals surface area contributed by atoms with E-state index in [1.807, 2.05) is 0 Å². The van der Waals surface area contributed by atoms with Crippen LogP contribution in [0.4, 0.5) is 8.78 Å². The highest BCUT2D eigenvalue weighted by atomic mass is 19.1. The van der Waals surface area contributed by atoms with Gasteiger partial charge in [-0.3, -0.25) is 9.59 Å². The third-order valence-electron chi connectivity index (χ3n) is 4.66. The van der Waals surface area contributed by atoms with Crippen LogP contribution in [0.3, 0.4) is 0 Å². The molecule has 7 heteroatoms. The predicted molar refractivity (Wildman–Crippen MR) is 84.5 cm³/mol. The molecule has 3 rings (SSSR count). The van der Waals surface area contributed by atoms with Gasteiger partial charge in [0, 0.05) is 44.7 Å². The van der Waals surface area contributed by atoms with E-state index >= 15 is 0 Å². The maximum absolute atomic E-state index is 13.7. The van der Waals surface area contributed by atoms with E-state index in [-0.39, 0.29) is 17.5 Å². The summed E-state index contributed by atoms with van der Waals surface area (Å²) >= 11 is 0. The Morgan fingerprint density at radius 1 is 1.12 bits per heavy atom. The lowest BCUT2D eigenvalue weighted by molar-refractivity contribution is -0.133. The van der Waals surface area contributed by atoms with Gasteiger partial charge in [-0.05, 0) is 31.5 Å². The maximum atomic E-state index is 13.7. The average molecular weight is 337 g/mol. The van der Waals surface area contributed by atoms with Crippen molar-refractivity contribution in [3.63, 3.8) is 0 Å². The number of benzene rings is 1. The summed E-state index contributed by atoms with van der Waals surface area (Å²) in [5.74, 6) is -1.93. The number of carbonyl (C=O) groups excluding carboxylic acids is 2. The van der Waals surface area contributed by atoms with Gasteiger partial charge in [0.05, 0.1) is 5.56 Å². The topological polar surface area (TPSA) is 52.7 Å². The van der Waals surface area contributed by atoms with E-state index in [2.05, 4.69) is 5.32 Å². The number of halogens is 2. The molecule has 0 radical (unpaired) electrons. The molecule has 2 fully saturated rings. The first kappa shape index (κ1) is 16.8. The minimum Gasteiger partial charge on any atom is -0.339 e. The largest absolute Gasteiger partial charge is 0.339 e. The number of amides is 2. The Kier molecular flexibility index (Phi) is 5.08. The van der Waals surface area contributed by atoms with Gasteiger partial charge in [0.15, 0.2) is 0 Å². The summed E-state index contributed by atoms with van der Waals surface area (Å²) in [6, 6.07) is 3.20. The van der Waals surface area contributed by atoms with Crippen LogP contribution in [0.5, 0.6) is 0 Å². The highest BCUT2D eigenvalue weighted by Crippen LogP contribution is 2.15. The maximum Gasteiger partial charge on any atom is 0.256 e. The first-order chi connectivity index (χ1) is 11.5. The van der Waals surface area contributed by atoms with E-state index in [4.69, 9.17) is 0 Å². The molecule has 1 N–H and O–H groups in total. The van der Waals surface area contributed by atoms with Crippen molar-refractivity contribution in [2.75, 3.05) is 32.7 Å². The lowest BCUT2D eigenvalue weighted by atomic mass is 10.1. The monoisotopic (exact) mass is 337 g/mol. The molecule has 130 valence electrons. The van der Waals surface area contributed by atoms with Crippen molar-refractivity contribution < 1.29 is 18.4 Å². The van der Waals surface area contributed by atoms with Crippen molar-refractivity contribution in [2.24, 2.45) is 0 Å². The minimum absolute atomic E-state index is 0.0921. The lowest BCUT2D eigenvalue weighted by Gasteiger charge is -2.35. The van der Waals surface area contributed by atoms with E-state index in [0.29, 0.717) is 38.7 Å². The minimum atomic E-state index is -0.856. The van der Waals surface area contributed by atoms with Gasteiger partial charge in [-0.15, -0.1) is 0 Å². The SMILES string of the molecule is O=C(CC1CCCN1)N1CCN(C(=O)c2ccc(F)cc2F)CC1. The Morgan fingerprint density at radius 2 is 1.83 bits per heavy atom. The van der Waals surface area contributed by atoms with Crippen molar-refractivity contribution in [3.8, 4) is 0 Å². The predicted octanol–water partition coefficient (Wildman–Crippen LogP) is 1.39. The zero-order valence-electron chi connectivity index (χ0n) is 13.4. The molecule has 2 saturated heterocycles. The molecular weight excluding hydrogens is 316 g/mol. The lowest BCUT2D eigenvalue weighted by Crippen LogP contribution is -2.51. The molecule has 5 nitrogen and oxygen atoms in total. The van der Waals surface area contributed by atoms with Crippen molar-refractivity contribution in [1.82, 2.24) is 15.1 Å². The number of nitrogens with zero attached hydrogens (tertiary/aromatic N) is 2. The standard InChI is InChI=1S/C17H21F2N3O2/c18-12-3-4-14(15(19)10-12)17(24)22-8-6-21(7-9-22)16(23)11-13-2-1-5-20-13/h3-4,10,13,20H,1-2,5-9,11H2. The average Bonchev–Trinajstić information content (AvgIpc) is 3.07. The van der Waals surface area contributed by atoms with Gasteiger partial charge in [0.1, 0.15) is 11.6 Å². The third kappa shape index (κ3) is 3.72. The Hall–Kier alpha value is -2.02. The Labute approximate surface area is 139 Å². The fourth-order valence-corrected chi connectivity index (χ4v) is 3.26. The summed E-state index contributed by atoms with van der Waals surface area (Å²) in [7, 11) is 0. The molecule has 1 aromatic carbocycles. The molecule has 0 aromatic heterocycles. The van der Waals surface area contributed by atoms with Gasteiger partial charge >= 0.3 is 0 Å². The van der Waals surface area contributed by atoms with E-state index < -0.39 is 17.5 Å². The Bertz CT molecular complexity index is 624. The van der Waals surface area contributed by atoms with E-state index in [9.17, 15) is 18.4 Å². The summed E-state index contributed by atoms with van der Waals surface area (Å²) in [4.78, 5) is 27.9. The van der Waals surface area contributed by atoms with Crippen molar-refractivity contribution in [3.05, 3.63) is 35.4 Å². The Balaban J connectivity index is 1.54. The molecule has 0 bridgehead atoms. The third-order valence-corrected chi connectivity index (χ3v) is 4.66. The van der Waals surface area contributed by atoms with Crippen molar-refractivity contribution in [2.45, 2.75) is 25.3 Å². The Morgan fingerprint density at radius 3 is 2.46 bits per heavy atom. The van der Waals surface area contributed by atoms with Gasteiger partial charge in [-0.2, -0.15) is 0 Å². The molecule has 0 spiro atoms. The number of hydrogen-bond acceptors (Lipinski definition) is 3. The second-order valence-corrected chi connectivity index (χ2v) is 6.29. The number of piperazine rings is 1. The molecule has 2 aliphatic rings. The second kappa shape index (κ2) is 7.25. The normalized spacial score (nSPS) is 21.2. The van der Waals surface area contributed by atoms with Crippen molar-refractivity contribution in [1.29, 1.82) is 0 Å². The summed E-state index contributed by atoms with van der Waals surface area (Å²) < 4.78 is 26.7. The van der Waals surface area contributed by atoms with Gasteiger partial charge in [-0.25, -0.2) is 8.78 Å². The van der Waals surface area contributed by atoms with Gasteiger partial charge in [0.25, 0.3) is 5.91 Å². The van der Waals surface area contributed by atoms with Crippen LogP contribution in [0.1, 0.15) is 29.6 Å². The highest BCUT2D eigenvalue weighted by Gasteiger charge is 2.28. The van der Waals surface area contributed by atoms with Crippen LogP contribution in [-0.2, 0) is 4.79 Å². The van der Waals surface area contributed by atoms with Gasteiger partial charge < -0.3 is 15.1 Å². The van der Waals surface area contributed by atoms with E-state index in [1.54, 1.807) is 4.90 Å². The molecule has 0 saturated carbocycles. The summed E-state index contributed by atoms with van der Waals surface area (Å²) in [5, 5.41) is 3.30. The quantitative estimate of drug-likeness (QED) is 0.907. The molecule has 24 heavy (non-hydrogen) atoms. The first-order valence-corrected chi connectivity index (χ1v) is 8.30. The van der Waals surface area contributed by atoms with Crippen molar-refractivity contribution >= 4 is 11.8 Å². The molecule has 1 atom stereocenters. The highest BCUT2D eigenvalue weighted by molar-refractivity contribution is 5.94. The molecular formula is C17H21F2N3O2. The number of hydrogen-bond donors (Lipinski definition) is 1. The zero-order chi connectivity index (χ0) is 17.1. The van der Waals surface area contributed by atoms with E-state index in [0.717, 1.165) is 31.5 Å². The van der Waals surface area contributed by atoms with Crippen LogP contribution >= 0.6 is 0 Å². The fourth-order valence-electron chi connectivity index (χ4n) is 3.26. The summed E-state index contributed by atoms with van der Waals surface area (Å²) in [5.41, 5.74) is -0.133. The van der Waals surface area contributed by atoms with Crippen LogP contribution in [0, 0.1) is 11.6 Å². The fraction of sp³-hybridized carbons (Fsp3) is 0.529. The van der Waals surface area contributed by atoms with Gasteiger partial charge in [0.2, 0.25) is 5.91 Å². The van der Waals surface area contributed by atoms with Crippen LogP contribution in [-0.4, -0.2) is 60.4 Å². The zero-order valence-corrected chi connectivity index (χ0v) is 13.4. The molecule has 2 aliphatic heterocycles. The number of rotatable bonds is 3. The van der Waals surface area contributed by atoms with E-state index in [1.165, 1.54) is 4.90 Å². The summed E-state index contributed by atoms with van der Waals surface area (Å²) in [6.07, 6.45) is 2.61. The molecule has 1 aromatic rings. The number of nitrogens with one attached hydrogen (secondary N) is 1.